The van der Waals surface area contributed by atoms with Gasteiger partial charge in [0.1, 0.15) is 36.3 Å². The summed E-state index contributed by atoms with van der Waals surface area (Å²) >= 11 is 0. The molecule has 8 heteroatoms. The highest BCUT2D eigenvalue weighted by atomic mass is 16.6. The zero-order chi connectivity index (χ0) is 18.1. The van der Waals surface area contributed by atoms with Crippen LogP contribution in [0.3, 0.4) is 0 Å². The molecule has 0 aliphatic carbocycles. The van der Waals surface area contributed by atoms with Crippen molar-refractivity contribution in [1.29, 1.82) is 0 Å². The van der Waals surface area contributed by atoms with Crippen molar-refractivity contribution in [2.24, 2.45) is 0 Å². The molecule has 0 saturated carbocycles. The van der Waals surface area contributed by atoms with Crippen LogP contribution >= 0.6 is 0 Å². The lowest BCUT2D eigenvalue weighted by molar-refractivity contribution is -0.0244. The molecular formula is C18H20N4O4. The number of hydrogen-bond donors (Lipinski definition) is 4. The fourth-order valence-electron chi connectivity index (χ4n) is 3.23. The van der Waals surface area contributed by atoms with E-state index in [1.165, 1.54) is 6.33 Å². The first-order valence-corrected chi connectivity index (χ1v) is 8.42. The predicted molar refractivity (Wildman–Crippen MR) is 93.5 cm³/mol. The van der Waals surface area contributed by atoms with Crippen LogP contribution in [-0.2, 0) is 11.3 Å². The number of ether oxygens (including phenoxy) is 1. The topological polar surface area (TPSA) is 112 Å². The Bertz CT molecular complexity index is 885. The third-order valence-electron chi connectivity index (χ3n) is 4.62. The van der Waals surface area contributed by atoms with Crippen molar-refractivity contribution in [3.63, 3.8) is 0 Å². The van der Waals surface area contributed by atoms with Gasteiger partial charge in [-0.05, 0) is 17.7 Å². The van der Waals surface area contributed by atoms with Crippen molar-refractivity contribution in [2.75, 3.05) is 11.9 Å². The Morgan fingerprint density at radius 1 is 1.08 bits per heavy atom. The SMILES string of the molecule is OCC1OC(c2ccc3c(NCc4ccccc4)ncnn23)C(O)C1O. The second kappa shape index (κ2) is 7.00. The first-order chi connectivity index (χ1) is 12.7. The largest absolute Gasteiger partial charge is 0.394 e. The van der Waals surface area contributed by atoms with Crippen LogP contribution in [0.15, 0.2) is 48.8 Å². The molecule has 0 bridgehead atoms. The maximum absolute atomic E-state index is 10.3. The van der Waals surface area contributed by atoms with Gasteiger partial charge in [-0.3, -0.25) is 0 Å². The number of aromatic nitrogens is 3. The number of benzene rings is 1. The molecule has 3 aromatic rings. The number of aliphatic hydroxyl groups is 3. The lowest BCUT2D eigenvalue weighted by Gasteiger charge is -2.15. The van der Waals surface area contributed by atoms with Crippen molar-refractivity contribution in [1.82, 2.24) is 14.6 Å². The lowest BCUT2D eigenvalue weighted by Crippen LogP contribution is -2.32. The minimum absolute atomic E-state index is 0.364. The van der Waals surface area contributed by atoms with Crippen LogP contribution in [-0.4, -0.2) is 54.8 Å². The summed E-state index contributed by atoms with van der Waals surface area (Å²) in [5.41, 5.74) is 2.45. The molecule has 0 amide bonds. The summed E-state index contributed by atoms with van der Waals surface area (Å²) in [5.74, 6) is 0.654. The number of aliphatic hydroxyl groups excluding tert-OH is 3. The van der Waals surface area contributed by atoms with Gasteiger partial charge in [-0.1, -0.05) is 30.3 Å². The fourth-order valence-corrected chi connectivity index (χ4v) is 3.23. The van der Waals surface area contributed by atoms with Gasteiger partial charge < -0.3 is 25.4 Å². The van der Waals surface area contributed by atoms with Crippen molar-refractivity contribution < 1.29 is 20.1 Å². The van der Waals surface area contributed by atoms with E-state index in [4.69, 9.17) is 4.74 Å². The van der Waals surface area contributed by atoms with E-state index in [2.05, 4.69) is 15.4 Å². The first-order valence-electron chi connectivity index (χ1n) is 8.42. The second-order valence-electron chi connectivity index (χ2n) is 6.26. The minimum atomic E-state index is -1.15. The van der Waals surface area contributed by atoms with Gasteiger partial charge in [0.15, 0.2) is 5.82 Å². The summed E-state index contributed by atoms with van der Waals surface area (Å²) in [6.07, 6.45) is -2.46. The summed E-state index contributed by atoms with van der Waals surface area (Å²) < 4.78 is 7.23. The van der Waals surface area contributed by atoms with Crippen molar-refractivity contribution in [3.8, 4) is 0 Å². The van der Waals surface area contributed by atoms with Crippen LogP contribution < -0.4 is 5.32 Å². The van der Waals surface area contributed by atoms with E-state index >= 15 is 0 Å². The second-order valence-corrected chi connectivity index (χ2v) is 6.26. The normalized spacial score (nSPS) is 25.7. The van der Waals surface area contributed by atoms with Crippen molar-refractivity contribution in [3.05, 3.63) is 60.0 Å². The van der Waals surface area contributed by atoms with Gasteiger partial charge in [0, 0.05) is 6.54 Å². The van der Waals surface area contributed by atoms with Crippen molar-refractivity contribution in [2.45, 2.75) is 31.0 Å². The Morgan fingerprint density at radius 3 is 2.62 bits per heavy atom. The monoisotopic (exact) mass is 356 g/mol. The summed E-state index contributed by atoms with van der Waals surface area (Å²) in [5, 5.41) is 37.0. The van der Waals surface area contributed by atoms with Crippen LogP contribution in [0.2, 0.25) is 0 Å². The number of nitrogens with zero attached hydrogens (tertiary/aromatic N) is 3. The fraction of sp³-hybridized carbons (Fsp3) is 0.333. The molecule has 1 aliphatic heterocycles. The molecule has 1 aliphatic rings. The highest BCUT2D eigenvalue weighted by Crippen LogP contribution is 2.34. The van der Waals surface area contributed by atoms with Gasteiger partial charge in [-0.2, -0.15) is 5.10 Å². The molecule has 4 unspecified atom stereocenters. The molecule has 8 nitrogen and oxygen atoms in total. The summed E-state index contributed by atoms with van der Waals surface area (Å²) in [6, 6.07) is 13.6. The standard InChI is InChI=1S/C18H20N4O4/c23-9-14-15(24)16(25)17(26-14)12-6-7-13-18(20-10-21-22(12)13)19-8-11-4-2-1-3-5-11/h1-7,10,14-17,23-25H,8-9H2,(H,19,20,21). The molecule has 4 atom stereocenters. The Labute approximate surface area is 149 Å². The third kappa shape index (κ3) is 2.93. The van der Waals surface area contributed by atoms with E-state index in [-0.39, 0.29) is 6.61 Å². The molecule has 136 valence electrons. The Hall–Kier alpha value is -2.52. The Morgan fingerprint density at radius 2 is 1.88 bits per heavy atom. The van der Waals surface area contributed by atoms with Crippen LogP contribution in [0.5, 0.6) is 0 Å². The smallest absolute Gasteiger partial charge is 0.154 e. The van der Waals surface area contributed by atoms with E-state index in [1.807, 2.05) is 36.4 Å². The van der Waals surface area contributed by atoms with Crippen LogP contribution in [0, 0.1) is 0 Å². The lowest BCUT2D eigenvalue weighted by atomic mass is 10.1. The van der Waals surface area contributed by atoms with Crippen LogP contribution in [0.4, 0.5) is 5.82 Å². The molecular weight excluding hydrogens is 336 g/mol. The Kier molecular flexibility index (Phi) is 4.56. The van der Waals surface area contributed by atoms with Gasteiger partial charge in [-0.15, -0.1) is 0 Å². The van der Waals surface area contributed by atoms with E-state index < -0.39 is 24.4 Å². The molecule has 1 fully saturated rings. The molecule has 0 spiro atoms. The number of anilines is 1. The van der Waals surface area contributed by atoms with Gasteiger partial charge in [-0.25, -0.2) is 9.50 Å². The number of rotatable bonds is 5. The summed E-state index contributed by atoms with van der Waals surface area (Å²) in [6.45, 7) is 0.249. The average Bonchev–Trinajstić information content (AvgIpc) is 3.23. The van der Waals surface area contributed by atoms with E-state index in [0.717, 1.165) is 11.1 Å². The van der Waals surface area contributed by atoms with Crippen molar-refractivity contribution >= 4 is 11.3 Å². The highest BCUT2D eigenvalue weighted by Gasteiger charge is 2.44. The number of fused-ring (bicyclic) bond motifs is 1. The summed E-state index contributed by atoms with van der Waals surface area (Å²) in [4.78, 5) is 4.29. The molecule has 4 rings (SSSR count). The quantitative estimate of drug-likeness (QED) is 0.526. The molecule has 3 heterocycles. The molecule has 4 N–H and O–H groups in total. The number of hydrogen-bond acceptors (Lipinski definition) is 7. The van der Waals surface area contributed by atoms with E-state index in [0.29, 0.717) is 18.1 Å². The van der Waals surface area contributed by atoms with E-state index in [1.54, 1.807) is 10.6 Å². The minimum Gasteiger partial charge on any atom is -0.394 e. The van der Waals surface area contributed by atoms with Gasteiger partial charge in [0.2, 0.25) is 0 Å². The van der Waals surface area contributed by atoms with Crippen LogP contribution in [0.1, 0.15) is 17.4 Å². The maximum Gasteiger partial charge on any atom is 0.154 e. The third-order valence-corrected chi connectivity index (χ3v) is 4.62. The van der Waals surface area contributed by atoms with Gasteiger partial charge in [0.05, 0.1) is 12.3 Å². The molecule has 1 aromatic carbocycles. The highest BCUT2D eigenvalue weighted by molar-refractivity contribution is 5.68. The average molecular weight is 356 g/mol. The van der Waals surface area contributed by atoms with Gasteiger partial charge >= 0.3 is 0 Å². The van der Waals surface area contributed by atoms with E-state index in [9.17, 15) is 15.3 Å². The van der Waals surface area contributed by atoms with Gasteiger partial charge in [0.25, 0.3) is 0 Å². The molecule has 26 heavy (non-hydrogen) atoms. The maximum atomic E-state index is 10.3. The molecule has 1 saturated heterocycles. The Balaban J connectivity index is 1.61. The van der Waals surface area contributed by atoms with Crippen LogP contribution in [0.25, 0.3) is 5.52 Å². The molecule has 0 radical (unpaired) electrons. The number of nitrogens with one attached hydrogen (secondary N) is 1. The first kappa shape index (κ1) is 16.9. The molecule has 2 aromatic heterocycles. The zero-order valence-electron chi connectivity index (χ0n) is 13.9. The predicted octanol–water partition coefficient (Wildman–Crippen LogP) is 0.495. The zero-order valence-corrected chi connectivity index (χ0v) is 13.9. The summed E-state index contributed by atoms with van der Waals surface area (Å²) in [7, 11) is 0.